The second-order valence-corrected chi connectivity index (χ2v) is 6.10. The summed E-state index contributed by atoms with van der Waals surface area (Å²) >= 11 is 3.48. The van der Waals surface area contributed by atoms with E-state index in [4.69, 9.17) is 0 Å². The normalized spacial score (nSPS) is 19.8. The Morgan fingerprint density at radius 1 is 1.12 bits per heavy atom. The van der Waals surface area contributed by atoms with E-state index in [9.17, 15) is 0 Å². The molecule has 0 N–H and O–H groups in total. The number of hydrogen-bond acceptors (Lipinski definition) is 1. The summed E-state index contributed by atoms with van der Waals surface area (Å²) in [5, 5.41) is 0. The minimum absolute atomic E-state index is 0.558. The molecule has 1 saturated heterocycles. The standard InChI is InChI=1S/C14H20BrN/c1-10(2)13-8-16(9-13)11(3)12-4-6-14(15)7-5-12/h4-7,10-11,13H,8-9H2,1-3H3. The smallest absolute Gasteiger partial charge is 0.0320 e. The summed E-state index contributed by atoms with van der Waals surface area (Å²) in [4.78, 5) is 2.56. The van der Waals surface area contributed by atoms with Crippen molar-refractivity contribution in [3.63, 3.8) is 0 Å². The van der Waals surface area contributed by atoms with Crippen LogP contribution in [-0.4, -0.2) is 18.0 Å². The predicted molar refractivity (Wildman–Crippen MR) is 72.5 cm³/mol. The van der Waals surface area contributed by atoms with Crippen LogP contribution in [0.15, 0.2) is 28.7 Å². The summed E-state index contributed by atoms with van der Waals surface area (Å²) in [6.45, 7) is 9.47. The number of nitrogens with zero attached hydrogens (tertiary/aromatic N) is 1. The van der Waals surface area contributed by atoms with E-state index in [1.54, 1.807) is 0 Å². The highest BCUT2D eigenvalue weighted by Gasteiger charge is 2.32. The Bertz CT molecular complexity index is 338. The third kappa shape index (κ3) is 2.49. The Morgan fingerprint density at radius 3 is 2.19 bits per heavy atom. The van der Waals surface area contributed by atoms with Crippen molar-refractivity contribution in [2.24, 2.45) is 11.8 Å². The monoisotopic (exact) mass is 281 g/mol. The van der Waals surface area contributed by atoms with Gasteiger partial charge in [-0.15, -0.1) is 0 Å². The molecule has 0 saturated carbocycles. The zero-order valence-electron chi connectivity index (χ0n) is 10.3. The molecule has 0 amide bonds. The van der Waals surface area contributed by atoms with Gasteiger partial charge < -0.3 is 0 Å². The van der Waals surface area contributed by atoms with Gasteiger partial charge in [-0.2, -0.15) is 0 Å². The van der Waals surface area contributed by atoms with Gasteiger partial charge in [-0.05, 0) is 36.5 Å². The number of rotatable bonds is 3. The summed E-state index contributed by atoms with van der Waals surface area (Å²) in [6, 6.07) is 9.26. The maximum absolute atomic E-state index is 3.48. The van der Waals surface area contributed by atoms with Crippen LogP contribution in [0.2, 0.25) is 0 Å². The van der Waals surface area contributed by atoms with Crippen LogP contribution in [0.25, 0.3) is 0 Å². The lowest BCUT2D eigenvalue weighted by molar-refractivity contribution is 0.0336. The molecule has 1 aliphatic rings. The fourth-order valence-corrected chi connectivity index (χ4v) is 2.50. The van der Waals surface area contributed by atoms with Crippen LogP contribution in [0.5, 0.6) is 0 Å². The number of benzene rings is 1. The first-order valence-corrected chi connectivity index (χ1v) is 6.86. The molecular formula is C14H20BrN. The van der Waals surface area contributed by atoms with E-state index in [0.29, 0.717) is 6.04 Å². The van der Waals surface area contributed by atoms with Crippen LogP contribution in [-0.2, 0) is 0 Å². The van der Waals surface area contributed by atoms with Gasteiger partial charge in [0.05, 0.1) is 0 Å². The van der Waals surface area contributed by atoms with Crippen LogP contribution in [0.3, 0.4) is 0 Å². The molecule has 1 aromatic rings. The van der Waals surface area contributed by atoms with Crippen molar-refractivity contribution in [3.05, 3.63) is 34.3 Å². The lowest BCUT2D eigenvalue weighted by Gasteiger charge is -2.45. The SMILES string of the molecule is CC(C)C1CN(C(C)c2ccc(Br)cc2)C1. The topological polar surface area (TPSA) is 3.24 Å². The van der Waals surface area contributed by atoms with Crippen molar-refractivity contribution in [3.8, 4) is 0 Å². The van der Waals surface area contributed by atoms with Crippen LogP contribution in [0, 0.1) is 11.8 Å². The zero-order chi connectivity index (χ0) is 11.7. The summed E-state index contributed by atoms with van der Waals surface area (Å²) in [6.07, 6.45) is 0. The third-order valence-electron chi connectivity index (χ3n) is 3.78. The Kier molecular flexibility index (Phi) is 3.70. The molecule has 2 heteroatoms. The van der Waals surface area contributed by atoms with Crippen molar-refractivity contribution >= 4 is 15.9 Å². The lowest BCUT2D eigenvalue weighted by Crippen LogP contribution is -2.49. The van der Waals surface area contributed by atoms with E-state index in [1.165, 1.54) is 18.7 Å². The first-order valence-electron chi connectivity index (χ1n) is 6.07. The third-order valence-corrected chi connectivity index (χ3v) is 4.31. The minimum atomic E-state index is 0.558. The van der Waals surface area contributed by atoms with Gasteiger partial charge in [0, 0.05) is 23.6 Å². The maximum atomic E-state index is 3.48. The van der Waals surface area contributed by atoms with Gasteiger partial charge in [-0.25, -0.2) is 0 Å². The van der Waals surface area contributed by atoms with Gasteiger partial charge in [0.2, 0.25) is 0 Å². The highest BCUT2D eigenvalue weighted by atomic mass is 79.9. The van der Waals surface area contributed by atoms with Gasteiger partial charge in [0.1, 0.15) is 0 Å². The van der Waals surface area contributed by atoms with E-state index in [2.05, 4.69) is 65.9 Å². The highest BCUT2D eigenvalue weighted by molar-refractivity contribution is 9.10. The average Bonchev–Trinajstić information content (AvgIpc) is 2.15. The van der Waals surface area contributed by atoms with Gasteiger partial charge in [-0.3, -0.25) is 4.90 Å². The molecule has 1 fully saturated rings. The zero-order valence-corrected chi connectivity index (χ0v) is 11.9. The van der Waals surface area contributed by atoms with Gasteiger partial charge in [0.15, 0.2) is 0 Å². The average molecular weight is 282 g/mol. The van der Waals surface area contributed by atoms with Crippen molar-refractivity contribution in [1.82, 2.24) is 4.90 Å². The molecule has 1 aliphatic heterocycles. The Morgan fingerprint density at radius 2 is 1.69 bits per heavy atom. The quantitative estimate of drug-likeness (QED) is 0.806. The summed E-state index contributed by atoms with van der Waals surface area (Å²) in [5.41, 5.74) is 1.42. The van der Waals surface area contributed by atoms with Crippen molar-refractivity contribution < 1.29 is 0 Å². The largest absolute Gasteiger partial charge is 0.296 e. The van der Waals surface area contributed by atoms with Gasteiger partial charge >= 0.3 is 0 Å². The van der Waals surface area contributed by atoms with E-state index < -0.39 is 0 Å². The second-order valence-electron chi connectivity index (χ2n) is 5.19. The van der Waals surface area contributed by atoms with Gasteiger partial charge in [0.25, 0.3) is 0 Å². The Balaban J connectivity index is 1.94. The molecule has 0 aromatic heterocycles. The van der Waals surface area contributed by atoms with Crippen LogP contribution in [0.4, 0.5) is 0 Å². The molecule has 2 rings (SSSR count). The first-order chi connectivity index (χ1) is 7.58. The van der Waals surface area contributed by atoms with E-state index >= 15 is 0 Å². The van der Waals surface area contributed by atoms with Crippen LogP contribution >= 0.6 is 15.9 Å². The van der Waals surface area contributed by atoms with Gasteiger partial charge in [-0.1, -0.05) is 41.9 Å². The fourth-order valence-electron chi connectivity index (χ4n) is 2.24. The molecule has 88 valence electrons. The minimum Gasteiger partial charge on any atom is -0.296 e. The second kappa shape index (κ2) is 4.89. The molecule has 1 nitrogen and oxygen atoms in total. The number of hydrogen-bond donors (Lipinski definition) is 0. The predicted octanol–water partition coefficient (Wildman–Crippen LogP) is 4.10. The summed E-state index contributed by atoms with van der Waals surface area (Å²) in [7, 11) is 0. The van der Waals surface area contributed by atoms with Crippen molar-refractivity contribution in [1.29, 1.82) is 0 Å². The van der Waals surface area contributed by atoms with Crippen molar-refractivity contribution in [2.75, 3.05) is 13.1 Å². The first kappa shape index (κ1) is 12.1. The highest BCUT2D eigenvalue weighted by Crippen LogP contribution is 2.32. The van der Waals surface area contributed by atoms with Crippen LogP contribution < -0.4 is 0 Å². The summed E-state index contributed by atoms with van der Waals surface area (Å²) < 4.78 is 1.16. The lowest BCUT2D eigenvalue weighted by atomic mass is 9.86. The molecule has 1 unspecified atom stereocenters. The molecule has 1 heterocycles. The number of halogens is 1. The van der Waals surface area contributed by atoms with E-state index in [1.807, 2.05) is 0 Å². The van der Waals surface area contributed by atoms with Crippen molar-refractivity contribution in [2.45, 2.75) is 26.8 Å². The molecule has 0 aliphatic carbocycles. The van der Waals surface area contributed by atoms with E-state index in [0.717, 1.165) is 16.3 Å². The molecule has 0 radical (unpaired) electrons. The maximum Gasteiger partial charge on any atom is 0.0320 e. The molecule has 0 spiro atoms. The number of likely N-dealkylation sites (tertiary alicyclic amines) is 1. The molecule has 0 bridgehead atoms. The molecule has 16 heavy (non-hydrogen) atoms. The Hall–Kier alpha value is -0.340. The fraction of sp³-hybridized carbons (Fsp3) is 0.571. The Labute approximate surface area is 107 Å². The van der Waals surface area contributed by atoms with E-state index in [-0.39, 0.29) is 0 Å². The van der Waals surface area contributed by atoms with Crippen LogP contribution in [0.1, 0.15) is 32.4 Å². The molecule has 1 aromatic carbocycles. The molecule has 1 atom stereocenters. The molecular weight excluding hydrogens is 262 g/mol. The summed E-state index contributed by atoms with van der Waals surface area (Å²) in [5.74, 6) is 1.73.